The molecule has 2 N–H and O–H groups in total. The van der Waals surface area contributed by atoms with Crippen LogP contribution in [0, 0.1) is 0 Å². The van der Waals surface area contributed by atoms with E-state index in [1.165, 1.54) is 11.3 Å². The first kappa shape index (κ1) is 15.3. The van der Waals surface area contributed by atoms with Crippen LogP contribution < -0.4 is 10.6 Å². The number of rotatable bonds is 3. The van der Waals surface area contributed by atoms with Crippen LogP contribution in [0.3, 0.4) is 0 Å². The minimum Gasteiger partial charge on any atom is -0.374 e. The molecule has 2 saturated heterocycles. The zero-order valence-corrected chi connectivity index (χ0v) is 14.2. The van der Waals surface area contributed by atoms with Gasteiger partial charge in [-0.15, -0.1) is 0 Å². The summed E-state index contributed by atoms with van der Waals surface area (Å²) in [5.74, 6) is 2.25. The third kappa shape index (κ3) is 3.22. The second-order valence-electron chi connectivity index (χ2n) is 7.07. The van der Waals surface area contributed by atoms with Gasteiger partial charge in [-0.1, -0.05) is 30.3 Å². The van der Waals surface area contributed by atoms with Crippen LogP contribution >= 0.6 is 11.8 Å². The highest BCUT2D eigenvalue weighted by atomic mass is 32.2. The van der Waals surface area contributed by atoms with Gasteiger partial charge in [-0.05, 0) is 43.4 Å². The smallest absolute Gasteiger partial charge is 0.315 e. The summed E-state index contributed by atoms with van der Waals surface area (Å²) in [7, 11) is 0. The number of hydrogen-bond donors (Lipinski definition) is 2. The molecule has 2 atom stereocenters. The zero-order chi connectivity index (χ0) is 15.8. The standard InChI is InChI=1S/C18H24N2O2S/c21-16(20-18(7-8-18)14-4-2-1-3-5-14)19-15-6-10-22-17(12-15)9-11-23-13-17/h1-5,15H,6-13H2,(H2,19,20,21)/t15-,17-/m1/s1. The predicted molar refractivity (Wildman–Crippen MR) is 92.7 cm³/mol. The largest absolute Gasteiger partial charge is 0.374 e. The molecule has 1 spiro atoms. The monoisotopic (exact) mass is 332 g/mol. The van der Waals surface area contributed by atoms with Crippen molar-refractivity contribution in [2.75, 3.05) is 18.1 Å². The molecule has 3 fully saturated rings. The third-order valence-electron chi connectivity index (χ3n) is 5.32. The van der Waals surface area contributed by atoms with Gasteiger partial charge in [-0.25, -0.2) is 4.79 Å². The van der Waals surface area contributed by atoms with Crippen LogP contribution in [0.25, 0.3) is 0 Å². The normalized spacial score (nSPS) is 31.7. The van der Waals surface area contributed by atoms with Gasteiger partial charge in [0, 0.05) is 18.4 Å². The SMILES string of the molecule is O=C(N[C@@H]1CCO[C@]2(CCSC2)C1)NC1(c2ccccc2)CC1. The Morgan fingerprint density at radius 2 is 2.04 bits per heavy atom. The van der Waals surface area contributed by atoms with Crippen molar-refractivity contribution in [1.82, 2.24) is 10.6 Å². The van der Waals surface area contributed by atoms with Gasteiger partial charge in [-0.2, -0.15) is 11.8 Å². The maximum atomic E-state index is 12.5. The Hall–Kier alpha value is -1.20. The minimum atomic E-state index is -0.141. The lowest BCUT2D eigenvalue weighted by Gasteiger charge is -2.38. The van der Waals surface area contributed by atoms with Gasteiger partial charge in [0.15, 0.2) is 0 Å². The van der Waals surface area contributed by atoms with E-state index in [1.807, 2.05) is 30.0 Å². The van der Waals surface area contributed by atoms with E-state index in [2.05, 4.69) is 22.8 Å². The average molecular weight is 332 g/mol. The molecule has 5 heteroatoms. The number of amides is 2. The van der Waals surface area contributed by atoms with E-state index in [0.717, 1.165) is 44.5 Å². The highest BCUT2D eigenvalue weighted by Crippen LogP contribution is 2.45. The van der Waals surface area contributed by atoms with Crippen LogP contribution in [-0.4, -0.2) is 35.8 Å². The highest BCUT2D eigenvalue weighted by molar-refractivity contribution is 7.99. The van der Waals surface area contributed by atoms with Crippen molar-refractivity contribution in [3.63, 3.8) is 0 Å². The first-order valence-electron chi connectivity index (χ1n) is 8.56. The van der Waals surface area contributed by atoms with Crippen molar-refractivity contribution >= 4 is 17.8 Å². The van der Waals surface area contributed by atoms with Gasteiger partial charge in [-0.3, -0.25) is 0 Å². The van der Waals surface area contributed by atoms with Gasteiger partial charge in [0.1, 0.15) is 0 Å². The van der Waals surface area contributed by atoms with Crippen molar-refractivity contribution < 1.29 is 9.53 Å². The molecule has 2 amide bonds. The summed E-state index contributed by atoms with van der Waals surface area (Å²) in [4.78, 5) is 12.5. The van der Waals surface area contributed by atoms with Gasteiger partial charge < -0.3 is 15.4 Å². The number of carbonyl (C=O) groups is 1. The molecule has 23 heavy (non-hydrogen) atoms. The van der Waals surface area contributed by atoms with Crippen LogP contribution in [0.2, 0.25) is 0 Å². The lowest BCUT2D eigenvalue weighted by Crippen LogP contribution is -2.52. The third-order valence-corrected chi connectivity index (χ3v) is 6.55. The van der Waals surface area contributed by atoms with Crippen molar-refractivity contribution in [3.05, 3.63) is 35.9 Å². The summed E-state index contributed by atoms with van der Waals surface area (Å²) in [6, 6.07) is 10.5. The first-order valence-corrected chi connectivity index (χ1v) is 9.71. The number of hydrogen-bond acceptors (Lipinski definition) is 3. The Labute approximate surface area is 141 Å². The molecule has 0 radical (unpaired) electrons. The highest BCUT2D eigenvalue weighted by Gasteiger charge is 2.46. The summed E-state index contributed by atoms with van der Waals surface area (Å²) in [5, 5.41) is 6.41. The number of ether oxygens (including phenoxy) is 1. The van der Waals surface area contributed by atoms with E-state index < -0.39 is 0 Å². The summed E-state index contributed by atoms with van der Waals surface area (Å²) >= 11 is 1.96. The van der Waals surface area contributed by atoms with Crippen molar-refractivity contribution in [2.45, 2.75) is 49.3 Å². The van der Waals surface area contributed by atoms with E-state index in [0.29, 0.717) is 0 Å². The molecule has 4 rings (SSSR count). The molecule has 4 nitrogen and oxygen atoms in total. The van der Waals surface area contributed by atoms with E-state index in [4.69, 9.17) is 4.74 Å². The Kier molecular flexibility index (Phi) is 4.01. The molecule has 1 saturated carbocycles. The molecule has 1 aromatic rings. The van der Waals surface area contributed by atoms with Gasteiger partial charge in [0.05, 0.1) is 11.1 Å². The molecular formula is C18H24N2O2S. The number of benzene rings is 1. The maximum Gasteiger partial charge on any atom is 0.315 e. The number of nitrogens with one attached hydrogen (secondary N) is 2. The van der Waals surface area contributed by atoms with Crippen molar-refractivity contribution in [2.24, 2.45) is 0 Å². The lowest BCUT2D eigenvalue weighted by atomic mass is 9.90. The lowest BCUT2D eigenvalue weighted by molar-refractivity contribution is -0.0684. The summed E-state index contributed by atoms with van der Waals surface area (Å²) < 4.78 is 6.03. The fourth-order valence-electron chi connectivity index (χ4n) is 3.82. The molecule has 1 aliphatic carbocycles. The Morgan fingerprint density at radius 1 is 1.22 bits per heavy atom. The second-order valence-corrected chi connectivity index (χ2v) is 8.18. The van der Waals surface area contributed by atoms with Crippen LogP contribution in [0.4, 0.5) is 4.79 Å². The molecular weight excluding hydrogens is 308 g/mol. The topological polar surface area (TPSA) is 50.4 Å². The Bertz CT molecular complexity index is 568. The van der Waals surface area contributed by atoms with Crippen LogP contribution in [0.15, 0.2) is 30.3 Å². The van der Waals surface area contributed by atoms with Gasteiger partial charge in [0.2, 0.25) is 0 Å². The first-order chi connectivity index (χ1) is 11.2. The fraction of sp³-hybridized carbons (Fsp3) is 0.611. The van der Waals surface area contributed by atoms with E-state index in [-0.39, 0.29) is 23.2 Å². The number of carbonyl (C=O) groups excluding carboxylic acids is 1. The van der Waals surface area contributed by atoms with Crippen LogP contribution in [0.5, 0.6) is 0 Å². The molecule has 124 valence electrons. The van der Waals surface area contributed by atoms with Gasteiger partial charge in [0.25, 0.3) is 0 Å². The van der Waals surface area contributed by atoms with Gasteiger partial charge >= 0.3 is 6.03 Å². The fourth-order valence-corrected chi connectivity index (χ4v) is 5.20. The average Bonchev–Trinajstić information content (AvgIpc) is 3.21. The Morgan fingerprint density at radius 3 is 2.74 bits per heavy atom. The van der Waals surface area contributed by atoms with Crippen LogP contribution in [-0.2, 0) is 10.3 Å². The summed E-state index contributed by atoms with van der Waals surface area (Å²) in [6.45, 7) is 0.759. The quantitative estimate of drug-likeness (QED) is 0.894. The second kappa shape index (κ2) is 6.02. The Balaban J connectivity index is 1.35. The van der Waals surface area contributed by atoms with Crippen LogP contribution in [0.1, 0.15) is 37.7 Å². The number of thioether (sulfide) groups is 1. The summed E-state index contributed by atoms with van der Waals surface area (Å²) in [6.07, 6.45) is 5.03. The molecule has 0 bridgehead atoms. The minimum absolute atomic E-state index is 0.0115. The predicted octanol–water partition coefficient (Wildman–Crippen LogP) is 3.03. The molecule has 0 unspecified atom stereocenters. The molecule has 2 aliphatic heterocycles. The van der Waals surface area contributed by atoms with E-state index >= 15 is 0 Å². The van der Waals surface area contributed by atoms with Crippen molar-refractivity contribution in [1.29, 1.82) is 0 Å². The molecule has 3 aliphatic rings. The molecule has 0 aromatic heterocycles. The zero-order valence-electron chi connectivity index (χ0n) is 13.3. The maximum absolute atomic E-state index is 12.5. The molecule has 2 heterocycles. The van der Waals surface area contributed by atoms with Crippen molar-refractivity contribution in [3.8, 4) is 0 Å². The summed E-state index contributed by atoms with van der Waals surface area (Å²) in [5.41, 5.74) is 1.08. The molecule has 1 aromatic carbocycles. The van der Waals surface area contributed by atoms with E-state index in [9.17, 15) is 4.79 Å². The van der Waals surface area contributed by atoms with E-state index in [1.54, 1.807) is 0 Å². The number of urea groups is 1.